The molecular formula is C12H17N3O3. The third kappa shape index (κ3) is 2.69. The van der Waals surface area contributed by atoms with Crippen molar-refractivity contribution in [2.24, 2.45) is 11.8 Å². The molecule has 0 aliphatic heterocycles. The molecule has 1 aliphatic carbocycles. The van der Waals surface area contributed by atoms with Gasteiger partial charge in [-0.1, -0.05) is 6.42 Å². The van der Waals surface area contributed by atoms with Gasteiger partial charge in [0.15, 0.2) is 0 Å². The lowest BCUT2D eigenvalue weighted by Gasteiger charge is -2.16. The number of carbonyl (C=O) groups excluding carboxylic acids is 2. The van der Waals surface area contributed by atoms with Gasteiger partial charge in [-0.3, -0.25) is 9.59 Å². The second-order valence-corrected chi connectivity index (χ2v) is 4.42. The van der Waals surface area contributed by atoms with Gasteiger partial charge in [-0.05, 0) is 12.8 Å². The second kappa shape index (κ2) is 5.66. The number of nitrogens with one attached hydrogen (secondary N) is 2. The van der Waals surface area contributed by atoms with Crippen molar-refractivity contribution < 1.29 is 14.3 Å². The predicted molar refractivity (Wildman–Crippen MR) is 63.3 cm³/mol. The van der Waals surface area contributed by atoms with Crippen LogP contribution in [0.25, 0.3) is 0 Å². The summed E-state index contributed by atoms with van der Waals surface area (Å²) in [6.45, 7) is 0.357. The molecule has 1 saturated carbocycles. The molecule has 6 nitrogen and oxygen atoms in total. The fourth-order valence-corrected chi connectivity index (χ4v) is 2.40. The molecule has 0 spiro atoms. The maximum Gasteiger partial charge on any atom is 0.309 e. The summed E-state index contributed by atoms with van der Waals surface area (Å²) in [4.78, 5) is 30.5. The highest BCUT2D eigenvalue weighted by Crippen LogP contribution is 2.32. The zero-order valence-corrected chi connectivity index (χ0v) is 10.3. The van der Waals surface area contributed by atoms with Crippen LogP contribution in [0.4, 0.5) is 0 Å². The van der Waals surface area contributed by atoms with Crippen molar-refractivity contribution in [3.8, 4) is 0 Å². The molecule has 18 heavy (non-hydrogen) atoms. The molecule has 1 aromatic heterocycles. The van der Waals surface area contributed by atoms with E-state index in [0.29, 0.717) is 12.4 Å². The first-order chi connectivity index (χ1) is 8.72. The number of rotatable bonds is 4. The van der Waals surface area contributed by atoms with Crippen LogP contribution in [-0.4, -0.2) is 29.0 Å². The van der Waals surface area contributed by atoms with E-state index in [9.17, 15) is 9.59 Å². The number of nitrogens with zero attached hydrogens (tertiary/aromatic N) is 1. The molecule has 2 rings (SSSR count). The standard InChI is InChI=1S/C12H17N3O3/c1-18-12(17)9-4-2-3-8(9)11(16)15-7-10-13-5-6-14-10/h5-6,8-9H,2-4,7H2,1H3,(H,13,14)(H,15,16)/t8-,9+/m0/s1. The number of H-pyrrole nitrogens is 1. The molecule has 1 fully saturated rings. The highest BCUT2D eigenvalue weighted by atomic mass is 16.5. The van der Waals surface area contributed by atoms with E-state index in [-0.39, 0.29) is 23.7 Å². The summed E-state index contributed by atoms with van der Waals surface area (Å²) in [5.74, 6) is -0.250. The number of amides is 1. The van der Waals surface area contributed by atoms with Crippen molar-refractivity contribution in [2.45, 2.75) is 25.8 Å². The third-order valence-corrected chi connectivity index (χ3v) is 3.34. The lowest BCUT2D eigenvalue weighted by molar-refractivity contribution is -0.149. The summed E-state index contributed by atoms with van der Waals surface area (Å²) < 4.78 is 4.73. The van der Waals surface area contributed by atoms with Crippen molar-refractivity contribution in [3.63, 3.8) is 0 Å². The van der Waals surface area contributed by atoms with Crippen molar-refractivity contribution in [3.05, 3.63) is 18.2 Å². The van der Waals surface area contributed by atoms with Crippen molar-refractivity contribution in [1.82, 2.24) is 15.3 Å². The first kappa shape index (κ1) is 12.6. The molecule has 1 aliphatic rings. The summed E-state index contributed by atoms with van der Waals surface area (Å²) in [6, 6.07) is 0. The molecule has 1 aromatic rings. The van der Waals surface area contributed by atoms with Gasteiger partial charge in [0.1, 0.15) is 5.82 Å². The number of hydrogen-bond acceptors (Lipinski definition) is 4. The van der Waals surface area contributed by atoms with E-state index in [1.807, 2.05) is 0 Å². The number of ether oxygens (including phenoxy) is 1. The first-order valence-corrected chi connectivity index (χ1v) is 6.06. The van der Waals surface area contributed by atoms with E-state index >= 15 is 0 Å². The van der Waals surface area contributed by atoms with Gasteiger partial charge >= 0.3 is 5.97 Å². The van der Waals surface area contributed by atoms with Crippen molar-refractivity contribution in [1.29, 1.82) is 0 Å². The molecule has 1 amide bonds. The third-order valence-electron chi connectivity index (χ3n) is 3.34. The van der Waals surface area contributed by atoms with Gasteiger partial charge in [-0.15, -0.1) is 0 Å². The average molecular weight is 251 g/mol. The zero-order chi connectivity index (χ0) is 13.0. The first-order valence-electron chi connectivity index (χ1n) is 6.06. The van der Waals surface area contributed by atoms with Gasteiger partial charge in [0, 0.05) is 12.4 Å². The number of carbonyl (C=O) groups is 2. The SMILES string of the molecule is COC(=O)[C@@H]1CCC[C@@H]1C(=O)NCc1ncc[nH]1. The molecule has 1 heterocycles. The van der Waals surface area contributed by atoms with E-state index in [1.54, 1.807) is 12.4 Å². The molecule has 0 aromatic carbocycles. The van der Waals surface area contributed by atoms with Crippen LogP contribution in [0, 0.1) is 11.8 Å². The molecule has 0 unspecified atom stereocenters. The Morgan fingerprint density at radius 1 is 1.50 bits per heavy atom. The Kier molecular flexibility index (Phi) is 3.96. The number of methoxy groups -OCH3 is 1. The minimum atomic E-state index is -0.299. The summed E-state index contributed by atoms with van der Waals surface area (Å²) >= 11 is 0. The van der Waals surface area contributed by atoms with Crippen LogP contribution in [0.2, 0.25) is 0 Å². The van der Waals surface area contributed by atoms with Crippen LogP contribution >= 0.6 is 0 Å². The molecule has 6 heteroatoms. The van der Waals surface area contributed by atoms with Crippen LogP contribution in [-0.2, 0) is 20.9 Å². The monoisotopic (exact) mass is 251 g/mol. The zero-order valence-electron chi connectivity index (χ0n) is 10.3. The van der Waals surface area contributed by atoms with Crippen LogP contribution < -0.4 is 5.32 Å². The fourth-order valence-electron chi connectivity index (χ4n) is 2.40. The minimum absolute atomic E-state index is 0.0979. The Labute approximate surface area is 105 Å². The van der Waals surface area contributed by atoms with Crippen LogP contribution in [0.1, 0.15) is 25.1 Å². The normalized spacial score (nSPS) is 22.7. The van der Waals surface area contributed by atoms with Crippen LogP contribution in [0.3, 0.4) is 0 Å². The van der Waals surface area contributed by atoms with Gasteiger partial charge < -0.3 is 15.0 Å². The lowest BCUT2D eigenvalue weighted by atomic mass is 9.95. The summed E-state index contributed by atoms with van der Waals surface area (Å²) in [7, 11) is 1.36. The largest absolute Gasteiger partial charge is 0.469 e. The van der Waals surface area contributed by atoms with E-state index in [0.717, 1.165) is 19.3 Å². The molecular weight excluding hydrogens is 234 g/mol. The Hall–Kier alpha value is -1.85. The number of imidazole rings is 1. The number of aromatic amines is 1. The molecule has 0 saturated heterocycles. The van der Waals surface area contributed by atoms with Crippen LogP contribution in [0.5, 0.6) is 0 Å². The van der Waals surface area contributed by atoms with Gasteiger partial charge in [0.05, 0.1) is 25.5 Å². The number of hydrogen-bond donors (Lipinski definition) is 2. The Morgan fingerprint density at radius 3 is 2.94 bits per heavy atom. The van der Waals surface area contributed by atoms with Gasteiger partial charge in [-0.2, -0.15) is 0 Å². The van der Waals surface area contributed by atoms with Crippen molar-refractivity contribution >= 4 is 11.9 Å². The quantitative estimate of drug-likeness (QED) is 0.768. The predicted octanol–water partition coefficient (Wildman–Crippen LogP) is 0.615. The average Bonchev–Trinajstić information content (AvgIpc) is 3.05. The lowest BCUT2D eigenvalue weighted by Crippen LogP contribution is -2.35. The molecule has 2 atom stereocenters. The van der Waals surface area contributed by atoms with E-state index in [1.165, 1.54) is 7.11 Å². The summed E-state index contributed by atoms with van der Waals surface area (Å²) in [6.07, 6.45) is 5.69. The summed E-state index contributed by atoms with van der Waals surface area (Å²) in [5, 5.41) is 2.80. The maximum absolute atomic E-state index is 12.0. The smallest absolute Gasteiger partial charge is 0.309 e. The highest BCUT2D eigenvalue weighted by Gasteiger charge is 2.38. The molecule has 0 radical (unpaired) electrons. The van der Waals surface area contributed by atoms with Crippen molar-refractivity contribution in [2.75, 3.05) is 7.11 Å². The second-order valence-electron chi connectivity index (χ2n) is 4.42. The minimum Gasteiger partial charge on any atom is -0.469 e. The topological polar surface area (TPSA) is 84.1 Å². The fraction of sp³-hybridized carbons (Fsp3) is 0.583. The van der Waals surface area contributed by atoms with E-state index in [2.05, 4.69) is 15.3 Å². The number of esters is 1. The van der Waals surface area contributed by atoms with Gasteiger partial charge in [0.2, 0.25) is 5.91 Å². The number of aromatic nitrogens is 2. The molecule has 0 bridgehead atoms. The van der Waals surface area contributed by atoms with Crippen LogP contribution in [0.15, 0.2) is 12.4 Å². The van der Waals surface area contributed by atoms with Gasteiger partial charge in [0.25, 0.3) is 0 Å². The summed E-state index contributed by atoms with van der Waals surface area (Å²) in [5.41, 5.74) is 0. The molecule has 98 valence electrons. The highest BCUT2D eigenvalue weighted by molar-refractivity contribution is 5.85. The Morgan fingerprint density at radius 2 is 2.28 bits per heavy atom. The van der Waals surface area contributed by atoms with Gasteiger partial charge in [-0.25, -0.2) is 4.98 Å². The maximum atomic E-state index is 12.0. The molecule has 2 N–H and O–H groups in total. The Balaban J connectivity index is 1.89. The van der Waals surface area contributed by atoms with E-state index in [4.69, 9.17) is 4.74 Å². The Bertz CT molecular complexity index is 416. The van der Waals surface area contributed by atoms with E-state index < -0.39 is 0 Å².